The molecule has 4 nitrogen and oxygen atoms in total. The standard InChI is InChI=1S/C9H21NO3S/c1-3-4-6-9(2)10-7-5-8-14(11,12)13/h9-10H,3-8H2,1-2H3,(H,11,12,13)/t9-/m0/s1. The van der Waals surface area contributed by atoms with Gasteiger partial charge in [0.25, 0.3) is 10.1 Å². The molecule has 0 heterocycles. The first kappa shape index (κ1) is 13.9. The van der Waals surface area contributed by atoms with Crippen molar-refractivity contribution < 1.29 is 13.0 Å². The molecule has 2 N–H and O–H groups in total. The fourth-order valence-corrected chi connectivity index (χ4v) is 1.72. The van der Waals surface area contributed by atoms with E-state index in [0.29, 0.717) is 19.0 Å². The first-order valence-corrected chi connectivity index (χ1v) is 6.75. The molecule has 0 radical (unpaired) electrons. The van der Waals surface area contributed by atoms with Crippen LogP contribution in [0.15, 0.2) is 0 Å². The molecular formula is C9H21NO3S. The van der Waals surface area contributed by atoms with E-state index in [1.807, 2.05) is 0 Å². The third kappa shape index (κ3) is 9.95. The highest BCUT2D eigenvalue weighted by Crippen LogP contribution is 1.99. The lowest BCUT2D eigenvalue weighted by atomic mass is 10.1. The lowest BCUT2D eigenvalue weighted by Crippen LogP contribution is -2.28. The maximum absolute atomic E-state index is 10.4. The Morgan fingerprint density at radius 3 is 2.50 bits per heavy atom. The molecule has 0 aliphatic heterocycles. The summed E-state index contributed by atoms with van der Waals surface area (Å²) in [5, 5.41) is 3.21. The third-order valence-corrected chi connectivity index (χ3v) is 2.87. The normalized spacial score (nSPS) is 14.2. The van der Waals surface area contributed by atoms with Gasteiger partial charge in [0.05, 0.1) is 5.75 Å². The number of unbranched alkanes of at least 4 members (excludes halogenated alkanes) is 1. The average Bonchev–Trinajstić information content (AvgIpc) is 2.07. The zero-order valence-electron chi connectivity index (χ0n) is 8.99. The lowest BCUT2D eigenvalue weighted by Gasteiger charge is -2.12. The van der Waals surface area contributed by atoms with Crippen LogP contribution < -0.4 is 5.32 Å². The van der Waals surface area contributed by atoms with Gasteiger partial charge in [0.1, 0.15) is 0 Å². The minimum atomic E-state index is -3.78. The molecule has 0 aliphatic carbocycles. The molecule has 0 fully saturated rings. The molecule has 0 aromatic heterocycles. The van der Waals surface area contributed by atoms with Crippen molar-refractivity contribution in [3.8, 4) is 0 Å². The monoisotopic (exact) mass is 223 g/mol. The van der Waals surface area contributed by atoms with E-state index in [-0.39, 0.29) is 5.75 Å². The van der Waals surface area contributed by atoms with Crippen LogP contribution >= 0.6 is 0 Å². The molecule has 0 spiro atoms. The summed E-state index contributed by atoms with van der Waals surface area (Å²) in [6.45, 7) is 4.87. The topological polar surface area (TPSA) is 66.4 Å². The van der Waals surface area contributed by atoms with Crippen LogP contribution in [0, 0.1) is 0 Å². The van der Waals surface area contributed by atoms with Gasteiger partial charge in [-0.3, -0.25) is 4.55 Å². The van der Waals surface area contributed by atoms with E-state index in [1.54, 1.807) is 0 Å². The highest BCUT2D eigenvalue weighted by molar-refractivity contribution is 7.85. The minimum Gasteiger partial charge on any atom is -0.314 e. The summed E-state index contributed by atoms with van der Waals surface area (Å²) in [7, 11) is -3.78. The zero-order chi connectivity index (χ0) is 11.0. The van der Waals surface area contributed by atoms with E-state index in [2.05, 4.69) is 19.2 Å². The molecule has 0 bridgehead atoms. The summed E-state index contributed by atoms with van der Waals surface area (Å²) >= 11 is 0. The van der Waals surface area contributed by atoms with Crippen LogP contribution in [0.5, 0.6) is 0 Å². The first-order valence-electron chi connectivity index (χ1n) is 5.14. The third-order valence-electron chi connectivity index (χ3n) is 2.06. The summed E-state index contributed by atoms with van der Waals surface area (Å²) < 4.78 is 29.2. The van der Waals surface area contributed by atoms with Gasteiger partial charge in [-0.15, -0.1) is 0 Å². The van der Waals surface area contributed by atoms with Gasteiger partial charge in [0, 0.05) is 6.04 Å². The molecule has 0 aromatic rings. The van der Waals surface area contributed by atoms with E-state index in [0.717, 1.165) is 6.42 Å². The van der Waals surface area contributed by atoms with Gasteiger partial charge in [-0.25, -0.2) is 0 Å². The summed E-state index contributed by atoms with van der Waals surface area (Å²) in [5.41, 5.74) is 0. The molecule has 0 saturated heterocycles. The van der Waals surface area contributed by atoms with Crippen LogP contribution in [0.3, 0.4) is 0 Å². The molecule has 5 heteroatoms. The van der Waals surface area contributed by atoms with Crippen LogP contribution in [-0.4, -0.2) is 31.3 Å². The number of nitrogens with one attached hydrogen (secondary N) is 1. The maximum Gasteiger partial charge on any atom is 0.264 e. The number of rotatable bonds is 8. The van der Waals surface area contributed by atoms with Crippen molar-refractivity contribution in [3.05, 3.63) is 0 Å². The summed E-state index contributed by atoms with van der Waals surface area (Å²) in [5.74, 6) is -0.152. The molecule has 0 unspecified atom stereocenters. The predicted molar refractivity (Wildman–Crippen MR) is 58.0 cm³/mol. The molecule has 0 aliphatic rings. The van der Waals surface area contributed by atoms with Gasteiger partial charge in [-0.1, -0.05) is 19.8 Å². The van der Waals surface area contributed by atoms with Crippen LogP contribution in [0.2, 0.25) is 0 Å². The van der Waals surface area contributed by atoms with Gasteiger partial charge in [-0.2, -0.15) is 8.42 Å². The minimum absolute atomic E-state index is 0.152. The Morgan fingerprint density at radius 1 is 1.36 bits per heavy atom. The highest BCUT2D eigenvalue weighted by atomic mass is 32.2. The average molecular weight is 223 g/mol. The van der Waals surface area contributed by atoms with Crippen LogP contribution in [-0.2, 0) is 10.1 Å². The van der Waals surface area contributed by atoms with Crippen molar-refractivity contribution in [3.63, 3.8) is 0 Å². The molecule has 0 saturated carbocycles. The van der Waals surface area contributed by atoms with Gasteiger partial charge >= 0.3 is 0 Å². The Labute approximate surface area is 86.8 Å². The molecule has 0 rings (SSSR count). The van der Waals surface area contributed by atoms with Crippen molar-refractivity contribution in [2.45, 2.75) is 45.6 Å². The van der Waals surface area contributed by atoms with Crippen LogP contribution in [0.1, 0.15) is 39.5 Å². The van der Waals surface area contributed by atoms with Gasteiger partial charge in [-0.05, 0) is 26.3 Å². The van der Waals surface area contributed by atoms with Crippen molar-refractivity contribution in [2.24, 2.45) is 0 Å². The van der Waals surface area contributed by atoms with Gasteiger partial charge < -0.3 is 5.32 Å². The maximum atomic E-state index is 10.4. The Kier molecular flexibility index (Phi) is 7.13. The van der Waals surface area contributed by atoms with E-state index in [9.17, 15) is 8.42 Å². The Morgan fingerprint density at radius 2 is 2.00 bits per heavy atom. The lowest BCUT2D eigenvalue weighted by molar-refractivity contribution is 0.470. The molecule has 0 amide bonds. The number of hydrogen-bond acceptors (Lipinski definition) is 3. The molecule has 14 heavy (non-hydrogen) atoms. The second-order valence-corrected chi connectivity index (χ2v) is 5.21. The van der Waals surface area contributed by atoms with Crippen molar-refractivity contribution in [1.29, 1.82) is 0 Å². The molecular weight excluding hydrogens is 202 g/mol. The Balaban J connectivity index is 3.36. The molecule has 86 valence electrons. The van der Waals surface area contributed by atoms with Crippen molar-refractivity contribution in [1.82, 2.24) is 5.32 Å². The SMILES string of the molecule is CCCC[C@H](C)NCCCS(=O)(=O)O. The van der Waals surface area contributed by atoms with E-state index in [1.165, 1.54) is 12.8 Å². The fraction of sp³-hybridized carbons (Fsp3) is 1.00. The summed E-state index contributed by atoms with van der Waals surface area (Å²) in [4.78, 5) is 0. The Bertz CT molecular complexity index is 226. The van der Waals surface area contributed by atoms with Crippen LogP contribution in [0.4, 0.5) is 0 Å². The first-order chi connectivity index (χ1) is 6.45. The van der Waals surface area contributed by atoms with Gasteiger partial charge in [0.15, 0.2) is 0 Å². The van der Waals surface area contributed by atoms with E-state index < -0.39 is 10.1 Å². The Hall–Kier alpha value is -0.130. The molecule has 0 aromatic carbocycles. The quantitative estimate of drug-likeness (QED) is 0.482. The zero-order valence-corrected chi connectivity index (χ0v) is 9.81. The molecule has 1 atom stereocenters. The predicted octanol–water partition coefficient (Wildman–Crippen LogP) is 1.43. The summed E-state index contributed by atoms with van der Waals surface area (Å²) in [6, 6.07) is 0.427. The van der Waals surface area contributed by atoms with E-state index >= 15 is 0 Å². The fourth-order valence-electron chi connectivity index (χ4n) is 1.22. The van der Waals surface area contributed by atoms with Crippen LogP contribution in [0.25, 0.3) is 0 Å². The number of hydrogen-bond donors (Lipinski definition) is 2. The van der Waals surface area contributed by atoms with Crippen molar-refractivity contribution in [2.75, 3.05) is 12.3 Å². The van der Waals surface area contributed by atoms with Crippen molar-refractivity contribution >= 4 is 10.1 Å². The largest absolute Gasteiger partial charge is 0.314 e. The second-order valence-electron chi connectivity index (χ2n) is 3.64. The smallest absolute Gasteiger partial charge is 0.264 e. The summed E-state index contributed by atoms with van der Waals surface area (Å²) in [6.07, 6.45) is 3.95. The van der Waals surface area contributed by atoms with E-state index in [4.69, 9.17) is 4.55 Å². The highest BCUT2D eigenvalue weighted by Gasteiger charge is 2.04. The second kappa shape index (κ2) is 7.20. The van der Waals surface area contributed by atoms with Gasteiger partial charge in [0.2, 0.25) is 0 Å².